The first-order valence-electron chi connectivity index (χ1n) is 11.8. The number of hydrogen-bond acceptors (Lipinski definition) is 3. The van der Waals surface area contributed by atoms with E-state index in [0.717, 1.165) is 50.0 Å². The fourth-order valence-electron chi connectivity index (χ4n) is 5.31. The molecular weight excluding hydrogens is 470 g/mol. The predicted molar refractivity (Wildman–Crippen MR) is 146 cm³/mol. The number of hydrogen-bond donors (Lipinski definition) is 0. The van der Waals surface area contributed by atoms with E-state index in [4.69, 9.17) is 16.3 Å². The van der Waals surface area contributed by atoms with Gasteiger partial charge in [-0.15, -0.1) is 0 Å². The standard InChI is InChI=1S/C30H28ClN3O2/c1-19-7-6-8-20(2)29(19)25-16-28(35)34(4)26-14-11-22(15-24(25)26)30(36-5,27-17-32-18-33(27)3)21-9-12-23(31)13-10-21/h6-18H,1-5H3. The van der Waals surface area contributed by atoms with Crippen molar-refractivity contribution < 1.29 is 4.74 Å². The van der Waals surface area contributed by atoms with Gasteiger partial charge in [0.05, 0.1) is 23.7 Å². The molecule has 0 aliphatic rings. The fraction of sp³-hybridized carbons (Fsp3) is 0.200. The average molecular weight is 498 g/mol. The Morgan fingerprint density at radius 3 is 2.19 bits per heavy atom. The topological polar surface area (TPSA) is 49.1 Å². The van der Waals surface area contributed by atoms with Crippen molar-refractivity contribution >= 4 is 22.5 Å². The molecule has 5 nitrogen and oxygen atoms in total. The van der Waals surface area contributed by atoms with Crippen LogP contribution < -0.4 is 5.56 Å². The van der Waals surface area contributed by atoms with Crippen molar-refractivity contribution in [2.24, 2.45) is 14.1 Å². The molecule has 1 unspecified atom stereocenters. The second kappa shape index (κ2) is 9.08. The fourth-order valence-corrected chi connectivity index (χ4v) is 5.44. The summed E-state index contributed by atoms with van der Waals surface area (Å²) in [6.45, 7) is 4.16. The number of methoxy groups -OCH3 is 1. The molecule has 3 aromatic carbocycles. The van der Waals surface area contributed by atoms with Crippen LogP contribution in [0, 0.1) is 13.8 Å². The smallest absolute Gasteiger partial charge is 0.251 e. The SMILES string of the molecule is COC(c1ccc(Cl)cc1)(c1ccc2c(c1)c(-c1c(C)cccc1C)cc(=O)n2C)c1cncn1C. The Bertz CT molecular complexity index is 1630. The molecule has 1 atom stereocenters. The minimum Gasteiger partial charge on any atom is -0.362 e. The number of aryl methyl sites for hydroxylation is 4. The van der Waals surface area contributed by atoms with Crippen LogP contribution in [0.2, 0.25) is 5.02 Å². The van der Waals surface area contributed by atoms with E-state index < -0.39 is 5.60 Å². The summed E-state index contributed by atoms with van der Waals surface area (Å²) >= 11 is 6.24. The van der Waals surface area contributed by atoms with Gasteiger partial charge in [-0.25, -0.2) is 4.98 Å². The normalized spacial score (nSPS) is 13.2. The molecule has 0 bridgehead atoms. The molecule has 0 amide bonds. The number of imidazole rings is 1. The Morgan fingerprint density at radius 2 is 1.58 bits per heavy atom. The number of ether oxygens (including phenoxy) is 1. The van der Waals surface area contributed by atoms with Crippen LogP contribution in [-0.2, 0) is 24.4 Å². The maximum absolute atomic E-state index is 13.0. The molecule has 0 saturated carbocycles. The van der Waals surface area contributed by atoms with E-state index in [-0.39, 0.29) is 5.56 Å². The van der Waals surface area contributed by atoms with Crippen molar-refractivity contribution in [3.63, 3.8) is 0 Å². The van der Waals surface area contributed by atoms with Gasteiger partial charge in [-0.3, -0.25) is 4.79 Å². The lowest BCUT2D eigenvalue weighted by Gasteiger charge is -2.34. The minimum atomic E-state index is -0.948. The highest BCUT2D eigenvalue weighted by Gasteiger charge is 2.39. The number of nitrogens with zero attached hydrogens (tertiary/aromatic N) is 3. The molecule has 0 saturated heterocycles. The van der Waals surface area contributed by atoms with Gasteiger partial charge in [0.15, 0.2) is 5.60 Å². The van der Waals surface area contributed by atoms with Gasteiger partial charge in [-0.1, -0.05) is 48.0 Å². The number of benzene rings is 3. The summed E-state index contributed by atoms with van der Waals surface area (Å²) in [5, 5.41) is 1.63. The van der Waals surface area contributed by atoms with E-state index in [1.165, 1.54) is 0 Å². The summed E-state index contributed by atoms with van der Waals surface area (Å²) in [4.78, 5) is 17.4. The summed E-state index contributed by atoms with van der Waals surface area (Å²) in [6, 6.07) is 21.8. The quantitative estimate of drug-likeness (QED) is 0.293. The zero-order valence-electron chi connectivity index (χ0n) is 21.0. The molecule has 0 spiro atoms. The first kappa shape index (κ1) is 24.0. The zero-order chi connectivity index (χ0) is 25.6. The molecule has 182 valence electrons. The van der Waals surface area contributed by atoms with E-state index in [2.05, 4.69) is 37.0 Å². The van der Waals surface area contributed by atoms with Crippen molar-refractivity contribution in [2.75, 3.05) is 7.11 Å². The lowest BCUT2D eigenvalue weighted by molar-refractivity contribution is 0.0525. The largest absolute Gasteiger partial charge is 0.362 e. The number of rotatable bonds is 5. The summed E-state index contributed by atoms with van der Waals surface area (Å²) in [6.07, 6.45) is 3.60. The Labute approximate surface area is 215 Å². The second-order valence-corrected chi connectivity index (χ2v) is 9.67. The summed E-state index contributed by atoms with van der Waals surface area (Å²) in [7, 11) is 5.47. The molecular formula is C30H28ClN3O2. The van der Waals surface area contributed by atoms with Crippen LogP contribution in [0.4, 0.5) is 0 Å². The Balaban J connectivity index is 1.90. The van der Waals surface area contributed by atoms with Crippen LogP contribution in [0.1, 0.15) is 27.9 Å². The Kier molecular flexibility index (Phi) is 6.07. The number of pyridine rings is 1. The van der Waals surface area contributed by atoms with E-state index in [9.17, 15) is 4.79 Å². The average Bonchev–Trinajstić information content (AvgIpc) is 3.30. The van der Waals surface area contributed by atoms with Crippen LogP contribution in [-0.4, -0.2) is 21.2 Å². The summed E-state index contributed by atoms with van der Waals surface area (Å²) in [5.74, 6) is 0. The van der Waals surface area contributed by atoms with Gasteiger partial charge >= 0.3 is 0 Å². The van der Waals surface area contributed by atoms with Crippen molar-refractivity contribution in [1.29, 1.82) is 0 Å². The van der Waals surface area contributed by atoms with Gasteiger partial charge in [0.1, 0.15) is 0 Å². The van der Waals surface area contributed by atoms with E-state index in [0.29, 0.717) is 5.02 Å². The summed E-state index contributed by atoms with van der Waals surface area (Å²) in [5.41, 5.74) is 6.83. The number of fused-ring (bicyclic) bond motifs is 1. The zero-order valence-corrected chi connectivity index (χ0v) is 21.8. The molecule has 0 aliphatic heterocycles. The third kappa shape index (κ3) is 3.67. The molecule has 0 fully saturated rings. The molecule has 5 rings (SSSR count). The minimum absolute atomic E-state index is 0.0461. The van der Waals surface area contributed by atoms with Gasteiger partial charge in [0, 0.05) is 37.7 Å². The summed E-state index contributed by atoms with van der Waals surface area (Å²) < 4.78 is 10.1. The second-order valence-electron chi connectivity index (χ2n) is 9.24. The molecule has 0 aliphatic carbocycles. The highest BCUT2D eigenvalue weighted by atomic mass is 35.5. The van der Waals surface area contributed by atoms with E-state index >= 15 is 0 Å². The molecule has 5 aromatic rings. The first-order chi connectivity index (χ1) is 17.3. The molecule has 36 heavy (non-hydrogen) atoms. The predicted octanol–water partition coefficient (Wildman–Crippen LogP) is 6.15. The lowest BCUT2D eigenvalue weighted by atomic mass is 9.82. The van der Waals surface area contributed by atoms with Crippen molar-refractivity contribution in [3.8, 4) is 11.1 Å². The Morgan fingerprint density at radius 1 is 0.917 bits per heavy atom. The van der Waals surface area contributed by atoms with Crippen molar-refractivity contribution in [2.45, 2.75) is 19.4 Å². The van der Waals surface area contributed by atoms with Gasteiger partial charge in [-0.2, -0.15) is 0 Å². The third-order valence-corrected chi connectivity index (χ3v) is 7.39. The highest BCUT2D eigenvalue weighted by Crippen LogP contribution is 2.42. The van der Waals surface area contributed by atoms with Crippen molar-refractivity contribution in [3.05, 3.63) is 123 Å². The molecule has 0 N–H and O–H groups in total. The maximum Gasteiger partial charge on any atom is 0.251 e. The molecule has 0 radical (unpaired) electrons. The Hall–Kier alpha value is -3.67. The van der Waals surface area contributed by atoms with E-state index in [1.54, 1.807) is 24.1 Å². The van der Waals surface area contributed by atoms with Crippen LogP contribution >= 0.6 is 11.6 Å². The molecule has 2 aromatic heterocycles. The first-order valence-corrected chi connectivity index (χ1v) is 12.1. The van der Waals surface area contributed by atoms with Crippen molar-refractivity contribution in [1.82, 2.24) is 14.1 Å². The third-order valence-electron chi connectivity index (χ3n) is 7.14. The molecule has 2 heterocycles. The van der Waals surface area contributed by atoms with E-state index in [1.807, 2.05) is 67.3 Å². The van der Waals surface area contributed by atoms with Gasteiger partial charge in [0.2, 0.25) is 0 Å². The van der Waals surface area contributed by atoms with Gasteiger partial charge in [0.25, 0.3) is 5.56 Å². The van der Waals surface area contributed by atoms with Crippen LogP contribution in [0.25, 0.3) is 22.0 Å². The van der Waals surface area contributed by atoms with Crippen LogP contribution in [0.3, 0.4) is 0 Å². The number of halogens is 1. The van der Waals surface area contributed by atoms with Crippen LogP contribution in [0.15, 0.2) is 84.0 Å². The van der Waals surface area contributed by atoms with Gasteiger partial charge in [-0.05, 0) is 71.5 Å². The lowest BCUT2D eigenvalue weighted by Crippen LogP contribution is -2.33. The highest BCUT2D eigenvalue weighted by molar-refractivity contribution is 6.30. The van der Waals surface area contributed by atoms with Crippen LogP contribution in [0.5, 0.6) is 0 Å². The van der Waals surface area contributed by atoms with Gasteiger partial charge < -0.3 is 13.9 Å². The maximum atomic E-state index is 13.0. The number of aromatic nitrogens is 3. The monoisotopic (exact) mass is 497 g/mol. The molecule has 6 heteroatoms.